The van der Waals surface area contributed by atoms with Gasteiger partial charge in [0.05, 0.1) is 12.2 Å². The lowest BCUT2D eigenvalue weighted by atomic mass is 10.1. The number of hydrogen-bond acceptors (Lipinski definition) is 2. The van der Waals surface area contributed by atoms with Crippen molar-refractivity contribution in [2.45, 2.75) is 26.9 Å². The fraction of sp³-hybridized carbons (Fsp3) is 0.357. The van der Waals surface area contributed by atoms with Crippen LogP contribution in [-0.2, 0) is 13.1 Å². The molecular weight excluding hydrogens is 210 g/mol. The molecule has 0 fully saturated rings. The van der Waals surface area contributed by atoms with Crippen molar-refractivity contribution in [3.05, 3.63) is 52.8 Å². The molecule has 0 unspecified atom stereocenters. The highest BCUT2D eigenvalue weighted by Crippen LogP contribution is 2.09. The topological polar surface area (TPSA) is 29.9 Å². The molecule has 0 amide bonds. The number of nitrogens with one attached hydrogen (secondary N) is 1. The Morgan fingerprint density at radius 3 is 2.29 bits per heavy atom. The fourth-order valence-electron chi connectivity index (χ4n) is 1.97. The molecule has 1 heterocycles. The Morgan fingerprint density at radius 2 is 1.76 bits per heavy atom. The van der Waals surface area contributed by atoms with Gasteiger partial charge in [0.2, 0.25) is 0 Å². The lowest BCUT2D eigenvalue weighted by Crippen LogP contribution is -2.06. The van der Waals surface area contributed by atoms with Crippen LogP contribution in [0.1, 0.15) is 22.5 Å². The van der Waals surface area contributed by atoms with Crippen LogP contribution in [0.4, 0.5) is 0 Å². The first kappa shape index (κ1) is 11.9. The number of hydrogen-bond donors (Lipinski definition) is 1. The predicted octanol–water partition coefficient (Wildman–Crippen LogP) is 2.27. The highest BCUT2D eigenvalue weighted by molar-refractivity contribution is 5.23. The summed E-state index contributed by atoms with van der Waals surface area (Å²) in [4.78, 5) is 0. The van der Waals surface area contributed by atoms with E-state index in [0.717, 1.165) is 18.8 Å². The summed E-state index contributed by atoms with van der Waals surface area (Å²) in [5.41, 5.74) is 4.89. The van der Waals surface area contributed by atoms with E-state index in [2.05, 4.69) is 47.7 Å². The average Bonchev–Trinajstić information content (AvgIpc) is 2.61. The molecule has 2 aromatic rings. The van der Waals surface area contributed by atoms with E-state index in [9.17, 15) is 0 Å². The monoisotopic (exact) mass is 229 g/mol. The van der Waals surface area contributed by atoms with Crippen molar-refractivity contribution in [2.24, 2.45) is 0 Å². The van der Waals surface area contributed by atoms with Gasteiger partial charge in [0.25, 0.3) is 0 Å². The molecule has 0 aliphatic rings. The third kappa shape index (κ3) is 2.94. The second-order valence-corrected chi connectivity index (χ2v) is 4.43. The Balaban J connectivity index is 2.11. The number of benzene rings is 1. The van der Waals surface area contributed by atoms with E-state index in [-0.39, 0.29) is 0 Å². The van der Waals surface area contributed by atoms with Crippen LogP contribution in [-0.4, -0.2) is 16.8 Å². The van der Waals surface area contributed by atoms with Crippen molar-refractivity contribution in [3.8, 4) is 0 Å². The van der Waals surface area contributed by atoms with E-state index in [1.165, 1.54) is 16.8 Å². The van der Waals surface area contributed by atoms with Gasteiger partial charge in [-0.2, -0.15) is 5.10 Å². The highest BCUT2D eigenvalue weighted by Gasteiger charge is 2.01. The van der Waals surface area contributed by atoms with Gasteiger partial charge >= 0.3 is 0 Å². The number of aryl methyl sites for hydroxylation is 2. The van der Waals surface area contributed by atoms with Crippen molar-refractivity contribution in [2.75, 3.05) is 7.05 Å². The quantitative estimate of drug-likeness (QED) is 0.871. The molecule has 3 heteroatoms. The van der Waals surface area contributed by atoms with Crippen LogP contribution in [0.15, 0.2) is 30.3 Å². The Bertz CT molecular complexity index is 483. The van der Waals surface area contributed by atoms with Crippen molar-refractivity contribution in [1.82, 2.24) is 15.1 Å². The Labute approximate surface area is 102 Å². The number of rotatable bonds is 4. The van der Waals surface area contributed by atoms with Crippen molar-refractivity contribution < 1.29 is 0 Å². The summed E-state index contributed by atoms with van der Waals surface area (Å²) < 4.78 is 2.04. The molecule has 0 saturated heterocycles. The molecule has 0 bridgehead atoms. The van der Waals surface area contributed by atoms with Crippen molar-refractivity contribution in [3.63, 3.8) is 0 Å². The number of nitrogens with zero attached hydrogens (tertiary/aromatic N) is 2. The first-order chi connectivity index (χ1) is 8.19. The Hall–Kier alpha value is -1.61. The summed E-state index contributed by atoms with van der Waals surface area (Å²) in [6.07, 6.45) is 0. The summed E-state index contributed by atoms with van der Waals surface area (Å²) in [5, 5.41) is 7.62. The lowest BCUT2D eigenvalue weighted by Gasteiger charge is -2.06. The highest BCUT2D eigenvalue weighted by atomic mass is 15.3. The molecule has 3 nitrogen and oxygen atoms in total. The molecule has 0 spiro atoms. The van der Waals surface area contributed by atoms with Gasteiger partial charge in [-0.25, -0.2) is 0 Å². The third-order valence-corrected chi connectivity index (χ3v) is 2.84. The molecule has 1 aromatic heterocycles. The zero-order valence-electron chi connectivity index (χ0n) is 10.7. The van der Waals surface area contributed by atoms with Gasteiger partial charge in [-0.05, 0) is 38.1 Å². The van der Waals surface area contributed by atoms with Gasteiger partial charge < -0.3 is 5.32 Å². The standard InChI is InChI=1S/C14H19N3/c1-11-8-12(2)17(16-11)10-14-6-4-13(5-7-14)9-15-3/h4-8,15H,9-10H2,1-3H3. The molecule has 17 heavy (non-hydrogen) atoms. The van der Waals surface area contributed by atoms with E-state index in [0.29, 0.717) is 0 Å². The SMILES string of the molecule is CNCc1ccc(Cn2nc(C)cc2C)cc1. The third-order valence-electron chi connectivity index (χ3n) is 2.84. The molecule has 0 saturated carbocycles. The summed E-state index contributed by atoms with van der Waals surface area (Å²) in [6, 6.07) is 10.8. The predicted molar refractivity (Wildman–Crippen MR) is 70.0 cm³/mol. The van der Waals surface area contributed by atoms with Gasteiger partial charge in [-0.1, -0.05) is 24.3 Å². The summed E-state index contributed by atoms with van der Waals surface area (Å²) in [7, 11) is 1.96. The van der Waals surface area contributed by atoms with Crippen LogP contribution in [0.5, 0.6) is 0 Å². The summed E-state index contributed by atoms with van der Waals surface area (Å²) in [5.74, 6) is 0. The van der Waals surface area contributed by atoms with Crippen LogP contribution in [0, 0.1) is 13.8 Å². The lowest BCUT2D eigenvalue weighted by molar-refractivity contribution is 0.658. The molecule has 0 aliphatic carbocycles. The number of aromatic nitrogens is 2. The zero-order valence-corrected chi connectivity index (χ0v) is 10.7. The Morgan fingerprint density at radius 1 is 1.12 bits per heavy atom. The van der Waals surface area contributed by atoms with Crippen LogP contribution in [0.2, 0.25) is 0 Å². The first-order valence-corrected chi connectivity index (χ1v) is 5.92. The van der Waals surface area contributed by atoms with Crippen LogP contribution >= 0.6 is 0 Å². The zero-order chi connectivity index (χ0) is 12.3. The molecule has 2 rings (SSSR count). The average molecular weight is 229 g/mol. The molecule has 1 aromatic carbocycles. The minimum Gasteiger partial charge on any atom is -0.316 e. The van der Waals surface area contributed by atoms with Crippen LogP contribution < -0.4 is 5.32 Å². The summed E-state index contributed by atoms with van der Waals surface area (Å²) >= 11 is 0. The maximum Gasteiger partial charge on any atom is 0.0662 e. The first-order valence-electron chi connectivity index (χ1n) is 5.92. The molecular formula is C14H19N3. The van der Waals surface area contributed by atoms with Gasteiger partial charge in [-0.3, -0.25) is 4.68 Å². The minimum atomic E-state index is 0.847. The molecule has 1 N–H and O–H groups in total. The second-order valence-electron chi connectivity index (χ2n) is 4.43. The molecule has 0 atom stereocenters. The smallest absolute Gasteiger partial charge is 0.0662 e. The van der Waals surface area contributed by atoms with Gasteiger partial charge in [0, 0.05) is 12.2 Å². The van der Waals surface area contributed by atoms with E-state index in [1.54, 1.807) is 0 Å². The van der Waals surface area contributed by atoms with E-state index >= 15 is 0 Å². The molecule has 0 radical (unpaired) electrons. The molecule has 90 valence electrons. The van der Waals surface area contributed by atoms with Crippen molar-refractivity contribution >= 4 is 0 Å². The van der Waals surface area contributed by atoms with Crippen LogP contribution in [0.3, 0.4) is 0 Å². The summed E-state index contributed by atoms with van der Waals surface area (Å²) in [6.45, 7) is 5.88. The van der Waals surface area contributed by atoms with E-state index in [4.69, 9.17) is 0 Å². The maximum absolute atomic E-state index is 4.47. The van der Waals surface area contributed by atoms with Crippen LogP contribution in [0.25, 0.3) is 0 Å². The minimum absolute atomic E-state index is 0.847. The van der Waals surface area contributed by atoms with E-state index < -0.39 is 0 Å². The fourth-order valence-corrected chi connectivity index (χ4v) is 1.97. The van der Waals surface area contributed by atoms with Crippen molar-refractivity contribution in [1.29, 1.82) is 0 Å². The second kappa shape index (κ2) is 5.15. The van der Waals surface area contributed by atoms with Gasteiger partial charge in [0.15, 0.2) is 0 Å². The normalized spacial score (nSPS) is 10.8. The van der Waals surface area contributed by atoms with E-state index in [1.807, 2.05) is 18.7 Å². The maximum atomic E-state index is 4.47. The largest absolute Gasteiger partial charge is 0.316 e. The van der Waals surface area contributed by atoms with Gasteiger partial charge in [0.1, 0.15) is 0 Å². The van der Waals surface area contributed by atoms with Gasteiger partial charge in [-0.15, -0.1) is 0 Å². The molecule has 0 aliphatic heterocycles. The Kier molecular flexibility index (Phi) is 3.59.